The van der Waals surface area contributed by atoms with Gasteiger partial charge < -0.3 is 5.73 Å². The highest BCUT2D eigenvalue weighted by atomic mass is 32.1. The molecule has 0 radical (unpaired) electrons. The Morgan fingerprint density at radius 1 is 1.50 bits per heavy atom. The molecule has 0 aliphatic rings. The second kappa shape index (κ2) is 4.11. The van der Waals surface area contributed by atoms with Crippen molar-refractivity contribution in [2.24, 2.45) is 5.73 Å². The van der Waals surface area contributed by atoms with E-state index in [0.29, 0.717) is 0 Å². The molecule has 76 valence electrons. The van der Waals surface area contributed by atoms with E-state index in [0.717, 1.165) is 36.5 Å². The fourth-order valence-electron chi connectivity index (χ4n) is 1.68. The predicted molar refractivity (Wildman–Crippen MR) is 59.8 cm³/mol. The second-order valence-corrected chi connectivity index (χ2v) is 4.32. The first kappa shape index (κ1) is 9.68. The Balaban J connectivity index is 2.21. The van der Waals surface area contributed by atoms with E-state index in [4.69, 9.17) is 5.73 Å². The molecule has 0 unspecified atom stereocenters. The van der Waals surface area contributed by atoms with Crippen LogP contribution in [0.1, 0.15) is 24.2 Å². The molecular formula is C10H15N3S. The molecule has 2 heterocycles. The number of thiazole rings is 1. The molecule has 0 atom stereocenters. The molecule has 2 aromatic rings. The molecule has 0 amide bonds. The normalized spacial score (nSPS) is 11.3. The van der Waals surface area contributed by atoms with Gasteiger partial charge in [-0.1, -0.05) is 0 Å². The standard InChI is InChI=1S/C10H15N3S/c1-8-9(4-2-3-5-11)13-6-7-14-10(13)12-8/h6-7H,2-5,11H2,1H3. The molecule has 0 aliphatic heterocycles. The van der Waals surface area contributed by atoms with Crippen LogP contribution < -0.4 is 5.73 Å². The summed E-state index contributed by atoms with van der Waals surface area (Å²) in [5.41, 5.74) is 7.98. The van der Waals surface area contributed by atoms with Crippen LogP contribution in [0.25, 0.3) is 4.96 Å². The van der Waals surface area contributed by atoms with Gasteiger partial charge in [0, 0.05) is 17.3 Å². The van der Waals surface area contributed by atoms with Gasteiger partial charge >= 0.3 is 0 Å². The average Bonchev–Trinajstić information content (AvgIpc) is 2.69. The highest BCUT2D eigenvalue weighted by Gasteiger charge is 2.08. The summed E-state index contributed by atoms with van der Waals surface area (Å²) < 4.78 is 2.19. The minimum Gasteiger partial charge on any atom is -0.330 e. The quantitative estimate of drug-likeness (QED) is 0.782. The zero-order valence-electron chi connectivity index (χ0n) is 8.36. The van der Waals surface area contributed by atoms with E-state index in [1.807, 2.05) is 0 Å². The molecule has 14 heavy (non-hydrogen) atoms. The van der Waals surface area contributed by atoms with Crippen LogP contribution >= 0.6 is 11.3 Å². The van der Waals surface area contributed by atoms with Gasteiger partial charge in [0.05, 0.1) is 5.69 Å². The van der Waals surface area contributed by atoms with Gasteiger partial charge in [-0.05, 0) is 32.7 Å². The minimum absolute atomic E-state index is 0.782. The molecular weight excluding hydrogens is 194 g/mol. The third-order valence-electron chi connectivity index (χ3n) is 2.43. The van der Waals surface area contributed by atoms with Crippen LogP contribution in [-0.2, 0) is 6.42 Å². The van der Waals surface area contributed by atoms with Crippen molar-refractivity contribution in [3.63, 3.8) is 0 Å². The van der Waals surface area contributed by atoms with E-state index in [-0.39, 0.29) is 0 Å². The van der Waals surface area contributed by atoms with Crippen molar-refractivity contribution in [3.05, 3.63) is 23.0 Å². The summed E-state index contributed by atoms with van der Waals surface area (Å²) in [6.07, 6.45) is 5.43. The lowest BCUT2D eigenvalue weighted by Crippen LogP contribution is -2.00. The number of aryl methyl sites for hydroxylation is 2. The van der Waals surface area contributed by atoms with Crippen molar-refractivity contribution in [1.29, 1.82) is 0 Å². The molecule has 0 saturated carbocycles. The Hall–Kier alpha value is -0.870. The van der Waals surface area contributed by atoms with Crippen molar-refractivity contribution in [2.45, 2.75) is 26.2 Å². The van der Waals surface area contributed by atoms with Gasteiger partial charge in [-0.3, -0.25) is 4.40 Å². The van der Waals surface area contributed by atoms with Crippen molar-refractivity contribution >= 4 is 16.3 Å². The summed E-state index contributed by atoms with van der Waals surface area (Å²) in [7, 11) is 0. The lowest BCUT2D eigenvalue weighted by molar-refractivity contribution is 0.726. The molecule has 0 aliphatic carbocycles. The molecule has 0 fully saturated rings. The Labute approximate surface area is 87.6 Å². The Morgan fingerprint density at radius 3 is 3.14 bits per heavy atom. The molecule has 2 aromatic heterocycles. The third-order valence-corrected chi connectivity index (χ3v) is 3.19. The number of unbranched alkanes of at least 4 members (excludes halogenated alkanes) is 1. The highest BCUT2D eigenvalue weighted by molar-refractivity contribution is 7.15. The maximum absolute atomic E-state index is 5.48. The first-order valence-electron chi connectivity index (χ1n) is 4.94. The van der Waals surface area contributed by atoms with Crippen LogP contribution in [-0.4, -0.2) is 15.9 Å². The number of rotatable bonds is 4. The second-order valence-electron chi connectivity index (χ2n) is 3.45. The van der Waals surface area contributed by atoms with E-state index >= 15 is 0 Å². The van der Waals surface area contributed by atoms with Gasteiger partial charge in [0.15, 0.2) is 4.96 Å². The highest BCUT2D eigenvalue weighted by Crippen LogP contribution is 2.18. The van der Waals surface area contributed by atoms with E-state index in [2.05, 4.69) is 27.9 Å². The van der Waals surface area contributed by atoms with Crippen LogP contribution in [0.2, 0.25) is 0 Å². The van der Waals surface area contributed by atoms with Gasteiger partial charge in [-0.25, -0.2) is 4.98 Å². The lowest BCUT2D eigenvalue weighted by Gasteiger charge is -1.99. The van der Waals surface area contributed by atoms with Gasteiger partial charge in [-0.2, -0.15) is 0 Å². The van der Waals surface area contributed by atoms with Gasteiger partial charge in [0.2, 0.25) is 0 Å². The number of nitrogens with two attached hydrogens (primary N) is 1. The average molecular weight is 209 g/mol. The van der Waals surface area contributed by atoms with Crippen LogP contribution in [0, 0.1) is 6.92 Å². The number of hydrogen-bond donors (Lipinski definition) is 1. The molecule has 2 N–H and O–H groups in total. The van der Waals surface area contributed by atoms with Crippen LogP contribution in [0.4, 0.5) is 0 Å². The van der Waals surface area contributed by atoms with Gasteiger partial charge in [0.1, 0.15) is 0 Å². The van der Waals surface area contributed by atoms with Crippen LogP contribution in [0.15, 0.2) is 11.6 Å². The van der Waals surface area contributed by atoms with E-state index < -0.39 is 0 Å². The van der Waals surface area contributed by atoms with Crippen molar-refractivity contribution in [1.82, 2.24) is 9.38 Å². The zero-order valence-corrected chi connectivity index (χ0v) is 9.18. The summed E-state index contributed by atoms with van der Waals surface area (Å²) in [6, 6.07) is 0. The number of imidazole rings is 1. The molecule has 0 bridgehead atoms. The molecule has 0 spiro atoms. The molecule has 4 heteroatoms. The van der Waals surface area contributed by atoms with Gasteiger partial charge in [0.25, 0.3) is 0 Å². The summed E-state index contributed by atoms with van der Waals surface area (Å²) in [5.74, 6) is 0. The summed E-state index contributed by atoms with van der Waals surface area (Å²) in [4.78, 5) is 5.60. The lowest BCUT2D eigenvalue weighted by atomic mass is 10.1. The Bertz CT molecular complexity index is 416. The molecule has 3 nitrogen and oxygen atoms in total. The fraction of sp³-hybridized carbons (Fsp3) is 0.500. The predicted octanol–water partition coefficient (Wildman–Crippen LogP) is 1.99. The summed E-state index contributed by atoms with van der Waals surface area (Å²) in [5, 5.41) is 2.08. The van der Waals surface area contributed by atoms with Crippen LogP contribution in [0.3, 0.4) is 0 Å². The first-order valence-corrected chi connectivity index (χ1v) is 5.82. The number of aromatic nitrogens is 2. The molecule has 2 rings (SSSR count). The van der Waals surface area contributed by atoms with E-state index in [1.54, 1.807) is 11.3 Å². The van der Waals surface area contributed by atoms with Crippen molar-refractivity contribution < 1.29 is 0 Å². The van der Waals surface area contributed by atoms with Crippen molar-refractivity contribution in [2.75, 3.05) is 6.54 Å². The smallest absolute Gasteiger partial charge is 0.194 e. The first-order chi connectivity index (χ1) is 6.83. The van der Waals surface area contributed by atoms with E-state index in [9.17, 15) is 0 Å². The zero-order chi connectivity index (χ0) is 9.97. The maximum Gasteiger partial charge on any atom is 0.194 e. The van der Waals surface area contributed by atoms with Crippen molar-refractivity contribution in [3.8, 4) is 0 Å². The monoisotopic (exact) mass is 209 g/mol. The number of nitrogens with zero attached hydrogens (tertiary/aromatic N) is 2. The third kappa shape index (κ3) is 1.67. The Morgan fingerprint density at radius 2 is 2.36 bits per heavy atom. The fourth-order valence-corrected chi connectivity index (χ4v) is 2.46. The van der Waals surface area contributed by atoms with E-state index in [1.165, 1.54) is 5.69 Å². The van der Waals surface area contributed by atoms with Gasteiger partial charge in [-0.15, -0.1) is 11.3 Å². The molecule has 0 aromatic carbocycles. The maximum atomic E-state index is 5.48. The number of fused-ring (bicyclic) bond motifs is 1. The summed E-state index contributed by atoms with van der Waals surface area (Å²) in [6.45, 7) is 2.86. The Kier molecular flexibility index (Phi) is 2.84. The number of hydrogen-bond acceptors (Lipinski definition) is 3. The van der Waals surface area contributed by atoms with Crippen LogP contribution in [0.5, 0.6) is 0 Å². The SMILES string of the molecule is Cc1nc2sccn2c1CCCCN. The molecule has 0 saturated heterocycles. The largest absolute Gasteiger partial charge is 0.330 e. The summed E-state index contributed by atoms with van der Waals surface area (Å²) >= 11 is 1.69. The topological polar surface area (TPSA) is 43.3 Å². The minimum atomic E-state index is 0.782.